The molecule has 3 heteroatoms. The monoisotopic (exact) mass is 195 g/mol. The topological polar surface area (TPSA) is 40.7 Å². The van der Waals surface area contributed by atoms with Gasteiger partial charge in [-0.1, -0.05) is 20.8 Å². The molecule has 1 aromatic rings. The quantitative estimate of drug-likeness (QED) is 0.720. The standard InChI is InChI=1S/C11H21N3/c1-11(2,3)9-8-13-10(14-9)6-5-7-12-4/h8,12H,5-7H2,1-4H3,(H,13,14). The van der Waals surface area contributed by atoms with Crippen LogP contribution in [-0.2, 0) is 11.8 Å². The number of nitrogens with one attached hydrogen (secondary N) is 2. The lowest BCUT2D eigenvalue weighted by Gasteiger charge is -2.15. The van der Waals surface area contributed by atoms with Gasteiger partial charge < -0.3 is 10.3 Å². The highest BCUT2D eigenvalue weighted by Crippen LogP contribution is 2.19. The lowest BCUT2D eigenvalue weighted by atomic mass is 9.93. The third-order valence-electron chi connectivity index (χ3n) is 2.28. The van der Waals surface area contributed by atoms with E-state index in [9.17, 15) is 0 Å². The van der Waals surface area contributed by atoms with Crippen LogP contribution in [0, 0.1) is 0 Å². The van der Waals surface area contributed by atoms with Crippen molar-refractivity contribution in [2.75, 3.05) is 13.6 Å². The lowest BCUT2D eigenvalue weighted by Crippen LogP contribution is -2.12. The molecular weight excluding hydrogens is 174 g/mol. The van der Waals surface area contributed by atoms with E-state index in [1.807, 2.05) is 13.2 Å². The van der Waals surface area contributed by atoms with Gasteiger partial charge in [-0.05, 0) is 20.0 Å². The largest absolute Gasteiger partial charge is 0.345 e. The summed E-state index contributed by atoms with van der Waals surface area (Å²) in [5.74, 6) is 1.10. The molecule has 0 aromatic carbocycles. The number of hydrogen-bond donors (Lipinski definition) is 2. The average Bonchev–Trinajstić information content (AvgIpc) is 2.52. The second kappa shape index (κ2) is 4.60. The van der Waals surface area contributed by atoms with E-state index in [4.69, 9.17) is 0 Å². The molecule has 0 bridgehead atoms. The van der Waals surface area contributed by atoms with Gasteiger partial charge in [0.2, 0.25) is 0 Å². The molecule has 0 spiro atoms. The van der Waals surface area contributed by atoms with E-state index in [1.54, 1.807) is 0 Å². The zero-order chi connectivity index (χ0) is 10.6. The zero-order valence-electron chi connectivity index (χ0n) is 9.65. The van der Waals surface area contributed by atoms with Crippen molar-refractivity contribution in [3.63, 3.8) is 0 Å². The summed E-state index contributed by atoms with van der Waals surface area (Å²) in [6.07, 6.45) is 4.11. The molecule has 0 radical (unpaired) electrons. The molecule has 0 unspecified atom stereocenters. The second-order valence-electron chi connectivity index (χ2n) is 4.70. The van der Waals surface area contributed by atoms with Crippen LogP contribution in [0.5, 0.6) is 0 Å². The minimum absolute atomic E-state index is 0.175. The van der Waals surface area contributed by atoms with Crippen molar-refractivity contribution in [1.29, 1.82) is 0 Å². The van der Waals surface area contributed by atoms with Gasteiger partial charge in [0.15, 0.2) is 0 Å². The highest BCUT2D eigenvalue weighted by atomic mass is 14.9. The number of nitrogens with zero attached hydrogens (tertiary/aromatic N) is 1. The molecule has 0 saturated heterocycles. The summed E-state index contributed by atoms with van der Waals surface area (Å²) in [6, 6.07) is 0. The van der Waals surface area contributed by atoms with Crippen LogP contribution >= 0.6 is 0 Å². The number of rotatable bonds is 4. The van der Waals surface area contributed by atoms with E-state index in [0.29, 0.717) is 0 Å². The number of imidazole rings is 1. The van der Waals surface area contributed by atoms with Crippen molar-refractivity contribution < 1.29 is 0 Å². The molecule has 0 saturated carbocycles. The second-order valence-corrected chi connectivity index (χ2v) is 4.70. The van der Waals surface area contributed by atoms with Crippen molar-refractivity contribution in [1.82, 2.24) is 15.3 Å². The van der Waals surface area contributed by atoms with Gasteiger partial charge in [0.05, 0.1) is 0 Å². The third kappa shape index (κ3) is 3.14. The molecular formula is C11H21N3. The van der Waals surface area contributed by atoms with Crippen LogP contribution in [0.1, 0.15) is 38.7 Å². The Balaban J connectivity index is 2.51. The predicted molar refractivity (Wildman–Crippen MR) is 59.5 cm³/mol. The van der Waals surface area contributed by atoms with Crippen LogP contribution in [0.15, 0.2) is 6.20 Å². The summed E-state index contributed by atoms with van der Waals surface area (Å²) in [4.78, 5) is 7.74. The normalized spacial score (nSPS) is 12.0. The first-order valence-electron chi connectivity index (χ1n) is 5.23. The fourth-order valence-electron chi connectivity index (χ4n) is 1.30. The number of H-pyrrole nitrogens is 1. The predicted octanol–water partition coefficient (Wildman–Crippen LogP) is 1.86. The summed E-state index contributed by atoms with van der Waals surface area (Å²) >= 11 is 0. The van der Waals surface area contributed by atoms with Crippen LogP contribution in [0.2, 0.25) is 0 Å². The van der Waals surface area contributed by atoms with Gasteiger partial charge in [0.25, 0.3) is 0 Å². The maximum Gasteiger partial charge on any atom is 0.106 e. The molecule has 0 aliphatic rings. The fourth-order valence-corrected chi connectivity index (χ4v) is 1.30. The summed E-state index contributed by atoms with van der Waals surface area (Å²) in [7, 11) is 1.97. The van der Waals surface area contributed by atoms with Gasteiger partial charge in [-0.25, -0.2) is 4.98 Å². The number of hydrogen-bond acceptors (Lipinski definition) is 2. The molecule has 0 aliphatic carbocycles. The molecule has 14 heavy (non-hydrogen) atoms. The molecule has 0 aliphatic heterocycles. The Morgan fingerprint density at radius 3 is 2.64 bits per heavy atom. The van der Waals surface area contributed by atoms with Gasteiger partial charge in [-0.3, -0.25) is 0 Å². The van der Waals surface area contributed by atoms with Gasteiger partial charge >= 0.3 is 0 Å². The van der Waals surface area contributed by atoms with Crippen molar-refractivity contribution in [3.8, 4) is 0 Å². The molecule has 1 heterocycles. The van der Waals surface area contributed by atoms with Crippen LogP contribution < -0.4 is 5.32 Å². The summed E-state index contributed by atoms with van der Waals surface area (Å²) in [5.41, 5.74) is 1.39. The molecule has 2 N–H and O–H groups in total. The summed E-state index contributed by atoms with van der Waals surface area (Å²) in [6.45, 7) is 7.62. The lowest BCUT2D eigenvalue weighted by molar-refractivity contribution is 0.570. The van der Waals surface area contributed by atoms with E-state index in [0.717, 1.165) is 25.2 Å². The van der Waals surface area contributed by atoms with Gasteiger partial charge in [-0.15, -0.1) is 0 Å². The maximum atomic E-state index is 4.37. The Bertz CT molecular complexity index is 270. The molecule has 80 valence electrons. The van der Waals surface area contributed by atoms with Gasteiger partial charge in [-0.2, -0.15) is 0 Å². The molecule has 0 atom stereocenters. The van der Waals surface area contributed by atoms with E-state index < -0.39 is 0 Å². The van der Waals surface area contributed by atoms with Gasteiger partial charge in [0, 0.05) is 23.7 Å². The Hall–Kier alpha value is -0.830. The number of aryl methyl sites for hydroxylation is 1. The highest BCUT2D eigenvalue weighted by Gasteiger charge is 2.15. The van der Waals surface area contributed by atoms with Crippen LogP contribution in [0.3, 0.4) is 0 Å². The van der Waals surface area contributed by atoms with E-state index in [-0.39, 0.29) is 5.41 Å². The molecule has 0 amide bonds. The number of aromatic amines is 1. The van der Waals surface area contributed by atoms with Crippen LogP contribution in [0.4, 0.5) is 0 Å². The Morgan fingerprint density at radius 2 is 2.14 bits per heavy atom. The zero-order valence-corrected chi connectivity index (χ0v) is 9.65. The van der Waals surface area contributed by atoms with E-state index >= 15 is 0 Å². The maximum absolute atomic E-state index is 4.37. The van der Waals surface area contributed by atoms with Crippen LogP contribution in [-0.4, -0.2) is 23.6 Å². The first-order valence-corrected chi connectivity index (χ1v) is 5.23. The SMILES string of the molecule is CNCCCc1ncc(C(C)(C)C)[nH]1. The Morgan fingerprint density at radius 1 is 1.43 bits per heavy atom. The smallest absolute Gasteiger partial charge is 0.106 e. The van der Waals surface area contributed by atoms with Crippen molar-refractivity contribution in [2.45, 2.75) is 39.0 Å². The highest BCUT2D eigenvalue weighted by molar-refractivity contribution is 5.11. The Labute approximate surface area is 86.3 Å². The third-order valence-corrected chi connectivity index (χ3v) is 2.28. The Kier molecular flexibility index (Phi) is 3.69. The van der Waals surface area contributed by atoms with E-state index in [1.165, 1.54) is 5.69 Å². The molecule has 0 fully saturated rings. The first-order chi connectivity index (χ1) is 6.54. The minimum atomic E-state index is 0.175. The minimum Gasteiger partial charge on any atom is -0.345 e. The average molecular weight is 195 g/mol. The van der Waals surface area contributed by atoms with Crippen molar-refractivity contribution in [3.05, 3.63) is 17.7 Å². The summed E-state index contributed by atoms with van der Waals surface area (Å²) in [5, 5.41) is 3.13. The fraction of sp³-hybridized carbons (Fsp3) is 0.727. The van der Waals surface area contributed by atoms with Crippen molar-refractivity contribution >= 4 is 0 Å². The first kappa shape index (κ1) is 11.2. The number of aromatic nitrogens is 2. The van der Waals surface area contributed by atoms with Crippen LogP contribution in [0.25, 0.3) is 0 Å². The molecule has 3 nitrogen and oxygen atoms in total. The summed E-state index contributed by atoms with van der Waals surface area (Å²) < 4.78 is 0. The van der Waals surface area contributed by atoms with Gasteiger partial charge in [0.1, 0.15) is 5.82 Å². The van der Waals surface area contributed by atoms with Crippen molar-refractivity contribution in [2.24, 2.45) is 0 Å². The molecule has 1 aromatic heterocycles. The van der Waals surface area contributed by atoms with E-state index in [2.05, 4.69) is 36.1 Å². The molecule has 1 rings (SSSR count).